The normalized spacial score (nSPS) is 13.0. The fourth-order valence-electron chi connectivity index (χ4n) is 2.55. The van der Waals surface area contributed by atoms with E-state index in [-0.39, 0.29) is 17.4 Å². The fourth-order valence-corrected chi connectivity index (χ4v) is 3.57. The standard InChI is InChI=1S/C15H13ClF2N2S/c1-9(7-10-3-2-6-21-10)20-13(8-16)19-12-5-4-11(17)14(18)15(12)20/h2-6,9H,7-8H2,1H3. The third-order valence-corrected chi connectivity index (χ3v) is 4.59. The van der Waals surface area contributed by atoms with Crippen LogP contribution in [0.3, 0.4) is 0 Å². The van der Waals surface area contributed by atoms with Gasteiger partial charge < -0.3 is 4.57 Å². The van der Waals surface area contributed by atoms with E-state index in [0.717, 1.165) is 12.5 Å². The fraction of sp³-hybridized carbons (Fsp3) is 0.267. The Morgan fingerprint density at radius 1 is 1.33 bits per heavy atom. The summed E-state index contributed by atoms with van der Waals surface area (Å²) in [7, 11) is 0. The smallest absolute Gasteiger partial charge is 0.184 e. The van der Waals surface area contributed by atoms with Crippen molar-refractivity contribution in [2.75, 3.05) is 0 Å². The first-order chi connectivity index (χ1) is 10.1. The van der Waals surface area contributed by atoms with Crippen LogP contribution in [0.15, 0.2) is 29.6 Å². The van der Waals surface area contributed by atoms with Crippen LogP contribution in [0.2, 0.25) is 0 Å². The second-order valence-electron chi connectivity index (χ2n) is 4.89. The molecule has 21 heavy (non-hydrogen) atoms. The monoisotopic (exact) mass is 326 g/mol. The van der Waals surface area contributed by atoms with E-state index in [0.29, 0.717) is 11.3 Å². The molecule has 0 aliphatic rings. The number of hydrogen-bond acceptors (Lipinski definition) is 2. The summed E-state index contributed by atoms with van der Waals surface area (Å²) in [5, 5.41) is 2.00. The molecule has 0 N–H and O–H groups in total. The van der Waals surface area contributed by atoms with Gasteiger partial charge in [0.05, 0.1) is 11.4 Å². The SMILES string of the molecule is CC(Cc1cccs1)n1c(CCl)nc2ccc(F)c(F)c21. The molecule has 110 valence electrons. The molecule has 0 saturated heterocycles. The average Bonchev–Trinajstić information content (AvgIpc) is 3.09. The lowest BCUT2D eigenvalue weighted by Gasteiger charge is -2.16. The molecule has 0 spiro atoms. The molecule has 3 rings (SSSR count). The summed E-state index contributed by atoms with van der Waals surface area (Å²) in [6.07, 6.45) is 0.725. The molecule has 6 heteroatoms. The van der Waals surface area contributed by atoms with E-state index < -0.39 is 11.6 Å². The van der Waals surface area contributed by atoms with Gasteiger partial charge in [-0.1, -0.05) is 6.07 Å². The van der Waals surface area contributed by atoms with Gasteiger partial charge in [0.2, 0.25) is 0 Å². The second-order valence-corrected chi connectivity index (χ2v) is 6.19. The number of imidazole rings is 1. The van der Waals surface area contributed by atoms with Crippen molar-refractivity contribution >= 4 is 34.0 Å². The van der Waals surface area contributed by atoms with E-state index in [1.807, 2.05) is 24.4 Å². The van der Waals surface area contributed by atoms with Gasteiger partial charge in [-0.05, 0) is 30.5 Å². The van der Waals surface area contributed by atoms with Gasteiger partial charge >= 0.3 is 0 Å². The molecule has 2 heterocycles. The van der Waals surface area contributed by atoms with Crippen molar-refractivity contribution in [1.82, 2.24) is 9.55 Å². The van der Waals surface area contributed by atoms with E-state index in [9.17, 15) is 8.78 Å². The minimum atomic E-state index is -0.868. The first kappa shape index (κ1) is 14.5. The topological polar surface area (TPSA) is 17.8 Å². The van der Waals surface area contributed by atoms with Crippen molar-refractivity contribution in [3.05, 3.63) is 52.0 Å². The number of nitrogens with zero attached hydrogens (tertiary/aromatic N) is 2. The Morgan fingerprint density at radius 3 is 2.81 bits per heavy atom. The summed E-state index contributed by atoms with van der Waals surface area (Å²) in [5.74, 6) is -1.02. The number of aromatic nitrogens is 2. The highest BCUT2D eigenvalue weighted by Crippen LogP contribution is 2.28. The molecule has 0 fully saturated rings. The molecular formula is C15H13ClF2N2S. The van der Waals surface area contributed by atoms with Gasteiger partial charge in [-0.3, -0.25) is 0 Å². The van der Waals surface area contributed by atoms with E-state index in [1.165, 1.54) is 10.9 Å². The van der Waals surface area contributed by atoms with Gasteiger partial charge in [-0.15, -0.1) is 22.9 Å². The van der Waals surface area contributed by atoms with Crippen LogP contribution >= 0.6 is 22.9 Å². The predicted octanol–water partition coefficient (Wildman–Crippen LogP) is 4.92. The highest BCUT2D eigenvalue weighted by molar-refractivity contribution is 7.09. The van der Waals surface area contributed by atoms with E-state index in [4.69, 9.17) is 11.6 Å². The Labute approximate surface area is 130 Å². The van der Waals surface area contributed by atoms with Crippen molar-refractivity contribution in [3.8, 4) is 0 Å². The van der Waals surface area contributed by atoms with Crippen molar-refractivity contribution < 1.29 is 8.78 Å². The lowest BCUT2D eigenvalue weighted by molar-refractivity contribution is 0.496. The molecule has 2 nitrogen and oxygen atoms in total. The van der Waals surface area contributed by atoms with Crippen molar-refractivity contribution in [3.63, 3.8) is 0 Å². The summed E-state index contributed by atoms with van der Waals surface area (Å²) >= 11 is 7.56. The van der Waals surface area contributed by atoms with Gasteiger partial charge in [0, 0.05) is 17.3 Å². The van der Waals surface area contributed by atoms with Crippen molar-refractivity contribution in [1.29, 1.82) is 0 Å². The number of fused-ring (bicyclic) bond motifs is 1. The van der Waals surface area contributed by atoms with Crippen LogP contribution in [0.4, 0.5) is 8.78 Å². The number of hydrogen-bond donors (Lipinski definition) is 0. The zero-order chi connectivity index (χ0) is 15.0. The summed E-state index contributed by atoms with van der Waals surface area (Å²) in [6, 6.07) is 6.52. The van der Waals surface area contributed by atoms with Crippen LogP contribution < -0.4 is 0 Å². The zero-order valence-corrected chi connectivity index (χ0v) is 12.9. The van der Waals surface area contributed by atoms with Crippen LogP contribution in [-0.4, -0.2) is 9.55 Å². The van der Waals surface area contributed by atoms with Crippen LogP contribution in [0, 0.1) is 11.6 Å². The summed E-state index contributed by atoms with van der Waals surface area (Å²) < 4.78 is 29.4. The predicted molar refractivity (Wildman–Crippen MR) is 81.9 cm³/mol. The van der Waals surface area contributed by atoms with Crippen LogP contribution in [0.5, 0.6) is 0 Å². The summed E-state index contributed by atoms with van der Waals surface area (Å²) in [6.45, 7) is 1.96. The van der Waals surface area contributed by atoms with Crippen LogP contribution in [-0.2, 0) is 12.3 Å². The van der Waals surface area contributed by atoms with Crippen LogP contribution in [0.1, 0.15) is 23.7 Å². The minimum Gasteiger partial charge on any atom is -0.321 e. The van der Waals surface area contributed by atoms with Gasteiger partial charge in [-0.25, -0.2) is 13.8 Å². The molecule has 2 aromatic heterocycles. The highest BCUT2D eigenvalue weighted by Gasteiger charge is 2.20. The van der Waals surface area contributed by atoms with E-state index in [2.05, 4.69) is 4.98 Å². The van der Waals surface area contributed by atoms with Gasteiger partial charge in [0.1, 0.15) is 11.3 Å². The number of thiophene rings is 1. The number of rotatable bonds is 4. The molecule has 1 aromatic carbocycles. The lowest BCUT2D eigenvalue weighted by atomic mass is 10.2. The quantitative estimate of drug-likeness (QED) is 0.622. The molecule has 0 saturated carbocycles. The third-order valence-electron chi connectivity index (χ3n) is 3.45. The molecule has 0 aliphatic carbocycles. The zero-order valence-electron chi connectivity index (χ0n) is 11.3. The molecule has 1 atom stereocenters. The van der Waals surface area contributed by atoms with Crippen LogP contribution in [0.25, 0.3) is 11.0 Å². The maximum atomic E-state index is 14.2. The number of halogens is 3. The van der Waals surface area contributed by atoms with Gasteiger partial charge in [0.15, 0.2) is 11.6 Å². The molecule has 1 unspecified atom stereocenters. The number of benzene rings is 1. The lowest BCUT2D eigenvalue weighted by Crippen LogP contribution is -2.11. The minimum absolute atomic E-state index is 0.0568. The molecule has 0 radical (unpaired) electrons. The number of alkyl halides is 1. The van der Waals surface area contributed by atoms with Gasteiger partial charge in [0.25, 0.3) is 0 Å². The van der Waals surface area contributed by atoms with E-state index in [1.54, 1.807) is 15.9 Å². The third kappa shape index (κ3) is 2.56. The Kier molecular flexibility index (Phi) is 3.95. The Morgan fingerprint density at radius 2 is 2.14 bits per heavy atom. The summed E-state index contributed by atoms with van der Waals surface area (Å²) in [4.78, 5) is 5.49. The Hall–Kier alpha value is -1.46. The first-order valence-corrected chi connectivity index (χ1v) is 7.96. The first-order valence-electron chi connectivity index (χ1n) is 6.55. The molecule has 0 bridgehead atoms. The molecular weight excluding hydrogens is 314 g/mol. The Balaban J connectivity index is 2.13. The molecule has 3 aromatic rings. The average molecular weight is 327 g/mol. The summed E-state index contributed by atoms with van der Waals surface area (Å²) in [5.41, 5.74) is 0.622. The largest absolute Gasteiger partial charge is 0.321 e. The molecule has 0 aliphatic heterocycles. The van der Waals surface area contributed by atoms with Gasteiger partial charge in [-0.2, -0.15) is 0 Å². The maximum Gasteiger partial charge on any atom is 0.184 e. The highest BCUT2D eigenvalue weighted by atomic mass is 35.5. The van der Waals surface area contributed by atoms with E-state index >= 15 is 0 Å². The second kappa shape index (κ2) is 5.73. The maximum absolute atomic E-state index is 14.2. The molecule has 0 amide bonds. The van der Waals surface area contributed by atoms with Crippen molar-refractivity contribution in [2.45, 2.75) is 25.3 Å². The van der Waals surface area contributed by atoms with Crippen molar-refractivity contribution in [2.24, 2.45) is 0 Å². The Bertz CT molecular complexity index is 768.